The molecule has 664 valence electrons. The van der Waals surface area contributed by atoms with E-state index in [1.807, 2.05) is 41.5 Å². The molecule has 119 heavy (non-hydrogen) atoms. The molecular weight excluding hydrogens is 1560 g/mol. The molecule has 4 fully saturated rings. The number of nitrogens with one attached hydrogen (secondary N) is 7. The van der Waals surface area contributed by atoms with Gasteiger partial charge in [-0.2, -0.15) is 9.97 Å². The van der Waals surface area contributed by atoms with Gasteiger partial charge < -0.3 is 96.6 Å². The minimum Gasteiger partial charge on any atom is -0.481 e. The van der Waals surface area contributed by atoms with Crippen LogP contribution in [0.5, 0.6) is 0 Å². The number of imidazole rings is 2. The van der Waals surface area contributed by atoms with Crippen LogP contribution in [0.2, 0.25) is 0 Å². The van der Waals surface area contributed by atoms with E-state index in [2.05, 4.69) is 59.7 Å². The average Bonchev–Trinajstić information content (AvgIpc) is 1.57. The fourth-order valence-electron chi connectivity index (χ4n) is 14.3. The molecule has 4 aromatic heterocycles. The molecular formula is C78H124N18O23. The number of carbonyl (C=O) groups excluding carboxylic acids is 9. The largest absolute Gasteiger partial charge is 0.481 e. The van der Waals surface area contributed by atoms with Crippen molar-refractivity contribution in [2.24, 2.45) is 29.4 Å². The highest BCUT2D eigenvalue weighted by molar-refractivity contribution is 5.93. The number of unbranched alkanes of at least 4 members (excludes halogenated alkanes) is 4. The number of anilines is 2. The Balaban J connectivity index is 0.000000308. The zero-order valence-corrected chi connectivity index (χ0v) is 70.9. The lowest BCUT2D eigenvalue weighted by Gasteiger charge is -2.25. The van der Waals surface area contributed by atoms with Crippen molar-refractivity contribution in [3.8, 4) is 0 Å². The van der Waals surface area contributed by atoms with Crippen LogP contribution in [0.4, 0.5) is 21.5 Å². The van der Waals surface area contributed by atoms with Crippen molar-refractivity contribution < 1.29 is 90.9 Å². The molecule has 0 aliphatic carbocycles. The number of aromatic nitrogens is 8. The topological polar surface area (TPSA) is 555 Å². The number of carbonyl (C=O) groups is 10. The lowest BCUT2D eigenvalue weighted by molar-refractivity contribution is -0.200. The number of nitrogen functional groups attached to an aromatic ring is 2. The number of amides is 7. The molecule has 41 nitrogen and oxygen atoms in total. The Morgan fingerprint density at radius 3 is 1.33 bits per heavy atom. The van der Waals surface area contributed by atoms with Gasteiger partial charge in [0.2, 0.25) is 41.4 Å². The van der Waals surface area contributed by atoms with Gasteiger partial charge in [0.15, 0.2) is 57.9 Å². The lowest BCUT2D eigenvalue weighted by atomic mass is 9.89. The lowest BCUT2D eigenvalue weighted by Crippen LogP contribution is -2.46. The van der Waals surface area contributed by atoms with Gasteiger partial charge in [0.05, 0.1) is 18.0 Å². The van der Waals surface area contributed by atoms with Crippen LogP contribution in [0.15, 0.2) is 44.5 Å². The summed E-state index contributed by atoms with van der Waals surface area (Å²) in [6.45, 7) is 25.9. The molecule has 0 aromatic carbocycles. The number of carboxylic acid groups (broad SMARTS) is 1. The number of Topliss-reactive ketones (excluding diaryl/α,β-unsaturated/α-hetero) is 2. The number of nitrogens with zero attached hydrogens (tertiary/aromatic N) is 8. The van der Waals surface area contributed by atoms with E-state index in [9.17, 15) is 72.2 Å². The van der Waals surface area contributed by atoms with Crippen molar-refractivity contribution in [1.29, 1.82) is 0 Å². The van der Waals surface area contributed by atoms with Gasteiger partial charge in [-0.3, -0.25) is 67.0 Å². The molecule has 7 amide bonds. The van der Waals surface area contributed by atoms with Gasteiger partial charge in [0.1, 0.15) is 49.8 Å². The maximum absolute atomic E-state index is 13.7. The zero-order valence-electron chi connectivity index (χ0n) is 70.9. The Hall–Kier alpha value is -10.2. The van der Waals surface area contributed by atoms with Gasteiger partial charge in [-0.05, 0) is 65.2 Å². The van der Waals surface area contributed by atoms with Crippen molar-refractivity contribution in [3.63, 3.8) is 0 Å². The van der Waals surface area contributed by atoms with Gasteiger partial charge in [-0.1, -0.05) is 92.2 Å². The minimum absolute atomic E-state index is 0.00768. The predicted molar refractivity (Wildman–Crippen MR) is 435 cm³/mol. The molecule has 0 bridgehead atoms. The van der Waals surface area contributed by atoms with Crippen LogP contribution in [0.1, 0.15) is 184 Å². The van der Waals surface area contributed by atoms with Crippen LogP contribution < -0.4 is 66.3 Å². The minimum atomic E-state index is -1.13. The monoisotopic (exact) mass is 1680 g/mol. The van der Waals surface area contributed by atoms with Gasteiger partial charge in [-0.15, -0.1) is 13.2 Å². The van der Waals surface area contributed by atoms with E-state index in [1.54, 1.807) is 34.7 Å². The summed E-state index contributed by atoms with van der Waals surface area (Å²) in [5.41, 5.74) is 14.7. The highest BCUT2D eigenvalue weighted by Gasteiger charge is 2.59. The maximum Gasteiger partial charge on any atom is 0.409 e. The summed E-state index contributed by atoms with van der Waals surface area (Å²) in [4.78, 5) is 192. The number of fused-ring (bicyclic) bond motifs is 4. The number of H-pyrrole nitrogens is 2. The molecule has 4 saturated heterocycles. The molecule has 41 heteroatoms. The van der Waals surface area contributed by atoms with Crippen molar-refractivity contribution in [1.82, 2.24) is 74.6 Å². The van der Waals surface area contributed by atoms with Gasteiger partial charge in [0.25, 0.3) is 11.1 Å². The van der Waals surface area contributed by atoms with Gasteiger partial charge >= 0.3 is 29.5 Å². The Labute approximate surface area is 689 Å². The van der Waals surface area contributed by atoms with E-state index in [0.29, 0.717) is 32.2 Å². The first kappa shape index (κ1) is 97.6. The van der Waals surface area contributed by atoms with Crippen LogP contribution >= 0.6 is 0 Å². The summed E-state index contributed by atoms with van der Waals surface area (Å²) < 4.78 is 52.5. The molecule has 0 saturated carbocycles. The molecule has 0 unspecified atom stereocenters. The summed E-state index contributed by atoms with van der Waals surface area (Å²) in [5.74, 6) is -6.86. The molecule has 0 radical (unpaired) electrons. The van der Waals surface area contributed by atoms with Crippen molar-refractivity contribution >= 4 is 93.5 Å². The standard InChI is InChI=1S/C39H61N9O11.C20H29N7O7.C19H34N2O5/c1-9-11-12-14-23(20-24(49)28(22(3)4)43-27(51)16-13-15-26(50)41-7)33(52)42-17-19-46(8)38(55)56-21-25-30-31(59-39(5,6)58-30)35(57-25)48-32-29(34(53)45-36(40)44-32)47(18-10-2)37(48)54;1-5-7-26-11-14(23-17(22)24-15(11)28)27(18(26)29)16-13-12(33-20(2,3)34-13)10(32-16)9-31-19(30)25(4)8-6-21;1-5-6-7-9-14(19(25)26)12-15(22)18(13(2)3)21-17(24)11-8-10-16(23)20-4/h10,22-23,25,28,30-31,35H,2,9,11-21H2,1,3-8H3,(H,41,50)(H,42,52)(H,43,51)(H3,40,44,45,53);5,10,12-13,16H,1,6-9,21H2,2-4H3,(H3,22,23,24,28);13-14,18H,5-12H2,1-4H3,(H,20,23)(H,21,24)(H,25,26)/t23-,25+,28+,30+,31+,35+;10-,12-,13-,16-;14-,18+/m101/s1. The molecule has 12 atom stereocenters. The first-order chi connectivity index (χ1) is 56.2. The molecule has 0 spiro atoms. The smallest absolute Gasteiger partial charge is 0.409 e. The van der Waals surface area contributed by atoms with Crippen LogP contribution in [0.25, 0.3) is 22.3 Å². The first-order valence-electron chi connectivity index (χ1n) is 40.5. The number of nitrogens with two attached hydrogens (primary N) is 3. The summed E-state index contributed by atoms with van der Waals surface area (Å²) in [5, 5.41) is 22.7. The molecule has 4 aliphatic heterocycles. The van der Waals surface area contributed by atoms with E-state index < -0.39 is 125 Å². The Kier molecular flexibility index (Phi) is 37.1. The molecule has 8 heterocycles. The summed E-state index contributed by atoms with van der Waals surface area (Å²) in [6, 6.07) is -1.49. The highest BCUT2D eigenvalue weighted by Crippen LogP contribution is 2.45. The number of aliphatic carboxylic acids is 1. The fourth-order valence-corrected chi connectivity index (χ4v) is 14.3. The van der Waals surface area contributed by atoms with Crippen LogP contribution in [-0.4, -0.2) is 240 Å². The van der Waals surface area contributed by atoms with Gasteiger partial charge in [-0.25, -0.2) is 28.3 Å². The molecule has 8 rings (SSSR count). The number of allylic oxidation sites excluding steroid dienone is 2. The van der Waals surface area contributed by atoms with Crippen molar-refractivity contribution in [2.45, 2.75) is 258 Å². The van der Waals surface area contributed by atoms with Crippen molar-refractivity contribution in [2.75, 3.05) is 79.1 Å². The SMILES string of the molecule is C=CCn1c(=O)n([C@H]2O[C@@H](COC(=O)N(C)CCN)[C@@H]3OC(C)(C)O[C@@H]32)c2nc(N)[nH]c(=O)c21.C=CCn1c(=O)n([C@H]2O[C@@H](COC(=O)N(C)CCNC(=O)[C@H](CCCCC)CC(=O)[C@@H](NC(=O)CCCC(=O)NC)C(C)C)[C@@H]3OC(C)(C)O[C@@H]32)c2nc(N)[nH]c(=O)c21.CCCCC[C@H](CC(=O)[C@@H](NC(=O)CCCC(=O)NC)C(C)C)C(=O)O. The number of carboxylic acids is 1. The van der Waals surface area contributed by atoms with Crippen molar-refractivity contribution in [3.05, 3.63) is 67.0 Å². The normalized spacial score (nSPS) is 20.3. The summed E-state index contributed by atoms with van der Waals surface area (Å²) in [7, 11) is 6.13. The number of ketones is 2. The number of hydrogen-bond donors (Lipinski definition) is 11. The molecule has 4 aromatic rings. The fraction of sp³-hybridized carbons (Fsp3) is 0.692. The average molecular weight is 1680 g/mol. The predicted octanol–water partition coefficient (Wildman–Crippen LogP) is 2.85. The van der Waals surface area contributed by atoms with Crippen LogP contribution in [0.3, 0.4) is 0 Å². The zero-order chi connectivity index (χ0) is 88.5. The second-order valence-corrected chi connectivity index (χ2v) is 31.4. The molecule has 4 aliphatic rings. The number of rotatable bonds is 43. The van der Waals surface area contributed by atoms with E-state index in [0.717, 1.165) is 38.5 Å². The summed E-state index contributed by atoms with van der Waals surface area (Å²) in [6.07, 6.45) is 2.32. The second kappa shape index (κ2) is 45.3. The van der Waals surface area contributed by atoms with E-state index in [-0.39, 0.29) is 172 Å². The number of likely N-dealkylation sites (N-methyl/N-ethyl adjacent to an activating group) is 2. The van der Waals surface area contributed by atoms with E-state index in [4.69, 9.17) is 55.1 Å². The quantitative estimate of drug-likeness (QED) is 0.0224. The van der Waals surface area contributed by atoms with Crippen LogP contribution in [0, 0.1) is 23.7 Å². The third-order valence-corrected chi connectivity index (χ3v) is 20.4. The Bertz CT molecular complexity index is 4450. The summed E-state index contributed by atoms with van der Waals surface area (Å²) >= 11 is 0. The van der Waals surface area contributed by atoms with Gasteiger partial charge in [0, 0.05) is 112 Å². The number of aromatic amines is 2. The Morgan fingerprint density at radius 1 is 0.580 bits per heavy atom. The first-order valence-corrected chi connectivity index (χ1v) is 40.5. The van der Waals surface area contributed by atoms with Crippen LogP contribution in [-0.2, 0) is 89.3 Å². The third-order valence-electron chi connectivity index (χ3n) is 20.4. The maximum atomic E-state index is 13.7. The molecule has 14 N–H and O–H groups in total. The van der Waals surface area contributed by atoms with E-state index >= 15 is 0 Å². The highest BCUT2D eigenvalue weighted by atomic mass is 16.8. The third kappa shape index (κ3) is 26.6. The second-order valence-electron chi connectivity index (χ2n) is 31.4. The number of hydrogen-bond acceptors (Lipinski definition) is 27. The Morgan fingerprint density at radius 2 is 0.958 bits per heavy atom. The van der Waals surface area contributed by atoms with E-state index in [1.165, 1.54) is 61.4 Å². The number of ether oxygens (including phenoxy) is 8.